The number of aromatic nitrogens is 1. The first-order valence-electron chi connectivity index (χ1n) is 4.24. The first-order valence-corrected chi connectivity index (χ1v) is 4.24. The van der Waals surface area contributed by atoms with Crippen molar-refractivity contribution in [3.05, 3.63) is 29.6 Å². The van der Waals surface area contributed by atoms with Crippen LogP contribution < -0.4 is 0 Å². The van der Waals surface area contributed by atoms with Crippen LogP contribution in [0.1, 0.15) is 43.9 Å². The molecule has 0 saturated heterocycles. The zero-order valence-corrected chi connectivity index (χ0v) is 7.78. The normalized spacial score (nSPS) is 13.4. The molecule has 0 fully saturated rings. The van der Waals surface area contributed by atoms with Crippen LogP contribution in [-0.2, 0) is 0 Å². The molecule has 2 heteroatoms. The number of pyridine rings is 1. The van der Waals surface area contributed by atoms with Crippen LogP contribution in [0, 0.1) is 0 Å². The average Bonchev–Trinajstić information content (AvgIpc) is 2.04. The number of aliphatic hydroxyl groups excluding tert-OH is 1. The molecule has 0 saturated carbocycles. The van der Waals surface area contributed by atoms with Gasteiger partial charge in [-0.1, -0.05) is 13.8 Å². The third kappa shape index (κ3) is 1.83. The Labute approximate surface area is 73.3 Å². The highest BCUT2D eigenvalue weighted by atomic mass is 16.3. The van der Waals surface area contributed by atoms with Gasteiger partial charge in [-0.2, -0.15) is 0 Å². The van der Waals surface area contributed by atoms with Crippen molar-refractivity contribution in [2.45, 2.75) is 32.8 Å². The lowest BCUT2D eigenvalue weighted by Gasteiger charge is -2.13. The van der Waals surface area contributed by atoms with Crippen LogP contribution in [0.3, 0.4) is 0 Å². The van der Waals surface area contributed by atoms with Gasteiger partial charge in [-0.25, -0.2) is 0 Å². The molecule has 1 atom stereocenters. The molecule has 2 nitrogen and oxygen atoms in total. The second-order valence-electron chi connectivity index (χ2n) is 3.34. The van der Waals surface area contributed by atoms with Crippen molar-refractivity contribution < 1.29 is 5.11 Å². The third-order valence-corrected chi connectivity index (χ3v) is 1.96. The standard InChI is InChI=1S/C10H15NO/c1-7(2)9-4-5-11-6-10(9)8(3)12/h4-8,12H,1-3H3. The van der Waals surface area contributed by atoms with E-state index in [1.165, 1.54) is 5.56 Å². The van der Waals surface area contributed by atoms with Gasteiger partial charge < -0.3 is 5.11 Å². The van der Waals surface area contributed by atoms with Crippen molar-refractivity contribution in [2.24, 2.45) is 0 Å². The highest BCUT2D eigenvalue weighted by molar-refractivity contribution is 5.27. The summed E-state index contributed by atoms with van der Waals surface area (Å²) < 4.78 is 0. The van der Waals surface area contributed by atoms with Crippen molar-refractivity contribution in [1.82, 2.24) is 4.98 Å². The Morgan fingerprint density at radius 2 is 1.92 bits per heavy atom. The minimum Gasteiger partial charge on any atom is -0.389 e. The van der Waals surface area contributed by atoms with E-state index in [4.69, 9.17) is 0 Å². The van der Waals surface area contributed by atoms with E-state index in [1.807, 2.05) is 6.07 Å². The topological polar surface area (TPSA) is 33.1 Å². The fraction of sp³-hybridized carbons (Fsp3) is 0.500. The fourth-order valence-corrected chi connectivity index (χ4v) is 1.29. The average molecular weight is 165 g/mol. The molecule has 0 radical (unpaired) electrons. The van der Waals surface area contributed by atoms with Gasteiger partial charge in [0.1, 0.15) is 0 Å². The zero-order valence-electron chi connectivity index (χ0n) is 7.78. The Kier molecular flexibility index (Phi) is 2.82. The maximum atomic E-state index is 9.41. The summed E-state index contributed by atoms with van der Waals surface area (Å²) >= 11 is 0. The van der Waals surface area contributed by atoms with Gasteiger partial charge >= 0.3 is 0 Å². The van der Waals surface area contributed by atoms with Gasteiger partial charge in [-0.05, 0) is 24.5 Å². The molecule has 1 unspecified atom stereocenters. The van der Waals surface area contributed by atoms with E-state index in [-0.39, 0.29) is 0 Å². The molecule has 0 aliphatic carbocycles. The van der Waals surface area contributed by atoms with Gasteiger partial charge in [-0.15, -0.1) is 0 Å². The lowest BCUT2D eigenvalue weighted by molar-refractivity contribution is 0.197. The minimum absolute atomic E-state index is 0.420. The number of hydrogen-bond acceptors (Lipinski definition) is 2. The molecule has 0 aliphatic rings. The predicted molar refractivity (Wildman–Crippen MR) is 49.0 cm³/mol. The van der Waals surface area contributed by atoms with Crippen molar-refractivity contribution in [3.8, 4) is 0 Å². The first kappa shape index (κ1) is 9.20. The SMILES string of the molecule is CC(C)c1ccncc1C(C)O. The molecule has 66 valence electrons. The Hall–Kier alpha value is -0.890. The molecule has 1 rings (SSSR count). The summed E-state index contributed by atoms with van der Waals surface area (Å²) in [6.45, 7) is 5.99. The molecule has 1 aromatic heterocycles. The van der Waals surface area contributed by atoms with Gasteiger partial charge in [-0.3, -0.25) is 4.98 Å². The molecule has 0 bridgehead atoms. The van der Waals surface area contributed by atoms with Crippen LogP contribution in [0.15, 0.2) is 18.5 Å². The number of rotatable bonds is 2. The van der Waals surface area contributed by atoms with Crippen molar-refractivity contribution >= 4 is 0 Å². The lowest BCUT2D eigenvalue weighted by atomic mass is 9.97. The Morgan fingerprint density at radius 3 is 2.33 bits per heavy atom. The van der Waals surface area contributed by atoms with Crippen LogP contribution in [0.4, 0.5) is 0 Å². The molecular formula is C10H15NO. The van der Waals surface area contributed by atoms with E-state index in [2.05, 4.69) is 18.8 Å². The summed E-state index contributed by atoms with van der Waals surface area (Å²) in [5.41, 5.74) is 2.12. The van der Waals surface area contributed by atoms with Gasteiger partial charge in [0.05, 0.1) is 6.10 Å². The Morgan fingerprint density at radius 1 is 1.25 bits per heavy atom. The summed E-state index contributed by atoms with van der Waals surface area (Å²) in [6.07, 6.45) is 3.08. The molecule has 12 heavy (non-hydrogen) atoms. The van der Waals surface area contributed by atoms with Crippen LogP contribution in [0.5, 0.6) is 0 Å². The molecule has 1 aromatic rings. The van der Waals surface area contributed by atoms with E-state index < -0.39 is 6.10 Å². The minimum atomic E-state index is -0.420. The van der Waals surface area contributed by atoms with E-state index in [9.17, 15) is 5.11 Å². The van der Waals surface area contributed by atoms with Crippen LogP contribution in [-0.4, -0.2) is 10.1 Å². The fourth-order valence-electron chi connectivity index (χ4n) is 1.29. The van der Waals surface area contributed by atoms with Crippen molar-refractivity contribution in [2.75, 3.05) is 0 Å². The van der Waals surface area contributed by atoms with Crippen molar-refractivity contribution in [3.63, 3.8) is 0 Å². The molecule has 0 aliphatic heterocycles. The second-order valence-corrected chi connectivity index (χ2v) is 3.34. The highest BCUT2D eigenvalue weighted by Crippen LogP contribution is 2.23. The van der Waals surface area contributed by atoms with Gasteiger partial charge in [0, 0.05) is 18.0 Å². The summed E-state index contributed by atoms with van der Waals surface area (Å²) in [4.78, 5) is 3.99. The van der Waals surface area contributed by atoms with Crippen molar-refractivity contribution in [1.29, 1.82) is 0 Å². The number of hydrogen-bond donors (Lipinski definition) is 1. The van der Waals surface area contributed by atoms with Crippen LogP contribution >= 0.6 is 0 Å². The molecule has 1 N–H and O–H groups in total. The quantitative estimate of drug-likeness (QED) is 0.729. The van der Waals surface area contributed by atoms with E-state index in [1.54, 1.807) is 19.3 Å². The van der Waals surface area contributed by atoms with Gasteiger partial charge in [0.25, 0.3) is 0 Å². The Bertz CT molecular complexity index is 229. The maximum absolute atomic E-state index is 9.41. The molecule has 0 amide bonds. The number of aliphatic hydroxyl groups is 1. The summed E-state index contributed by atoms with van der Waals surface area (Å²) in [5.74, 6) is 0.442. The summed E-state index contributed by atoms with van der Waals surface area (Å²) in [6, 6.07) is 1.96. The largest absolute Gasteiger partial charge is 0.389 e. The molecule has 1 heterocycles. The van der Waals surface area contributed by atoms with E-state index in [0.29, 0.717) is 5.92 Å². The summed E-state index contributed by atoms with van der Waals surface area (Å²) in [7, 11) is 0. The van der Waals surface area contributed by atoms with Crippen LogP contribution in [0.2, 0.25) is 0 Å². The van der Waals surface area contributed by atoms with E-state index in [0.717, 1.165) is 5.56 Å². The molecular weight excluding hydrogens is 150 g/mol. The molecule has 0 spiro atoms. The monoisotopic (exact) mass is 165 g/mol. The maximum Gasteiger partial charge on any atom is 0.0779 e. The molecule has 0 aromatic carbocycles. The Balaban J connectivity index is 3.09. The first-order chi connectivity index (χ1) is 5.63. The van der Waals surface area contributed by atoms with Gasteiger partial charge in [0.15, 0.2) is 0 Å². The van der Waals surface area contributed by atoms with Gasteiger partial charge in [0.2, 0.25) is 0 Å². The zero-order chi connectivity index (χ0) is 9.14. The smallest absolute Gasteiger partial charge is 0.0779 e. The summed E-state index contributed by atoms with van der Waals surface area (Å²) in [5, 5.41) is 9.41. The third-order valence-electron chi connectivity index (χ3n) is 1.96. The highest BCUT2D eigenvalue weighted by Gasteiger charge is 2.09. The predicted octanol–water partition coefficient (Wildman–Crippen LogP) is 2.26. The number of nitrogens with zero attached hydrogens (tertiary/aromatic N) is 1. The van der Waals surface area contributed by atoms with E-state index >= 15 is 0 Å². The second kappa shape index (κ2) is 3.68. The lowest BCUT2D eigenvalue weighted by Crippen LogP contribution is -2.00. The van der Waals surface area contributed by atoms with Crippen LogP contribution in [0.25, 0.3) is 0 Å².